The van der Waals surface area contributed by atoms with E-state index in [0.29, 0.717) is 6.42 Å². The summed E-state index contributed by atoms with van der Waals surface area (Å²) >= 11 is 0. The third-order valence-corrected chi connectivity index (χ3v) is 2.30. The van der Waals surface area contributed by atoms with Crippen LogP contribution in [0.1, 0.15) is 12.5 Å². The molecule has 0 spiro atoms. The van der Waals surface area contributed by atoms with Crippen molar-refractivity contribution in [1.82, 2.24) is 5.32 Å². The lowest BCUT2D eigenvalue weighted by atomic mass is 10.1. The molecule has 16 heavy (non-hydrogen) atoms. The van der Waals surface area contributed by atoms with Crippen LogP contribution in [0, 0.1) is 0 Å². The summed E-state index contributed by atoms with van der Waals surface area (Å²) in [6.07, 6.45) is 0.505. The van der Waals surface area contributed by atoms with Gasteiger partial charge in [-0.25, -0.2) is 0 Å². The highest BCUT2D eigenvalue weighted by Crippen LogP contribution is 2.01. The molecule has 0 aromatic heterocycles. The summed E-state index contributed by atoms with van der Waals surface area (Å²) in [5.74, 6) is -0.231. The van der Waals surface area contributed by atoms with E-state index in [0.717, 1.165) is 5.56 Å². The van der Waals surface area contributed by atoms with Crippen LogP contribution < -0.4 is 11.1 Å². The number of aliphatic hydroxyl groups excluding tert-OH is 1. The minimum atomic E-state index is -0.573. The fraction of sp³-hybridized carbons (Fsp3) is 0.417. The fourth-order valence-electron chi connectivity index (χ4n) is 1.36. The molecule has 0 aliphatic heterocycles. The molecule has 4 nitrogen and oxygen atoms in total. The second kappa shape index (κ2) is 6.25. The molecule has 0 saturated heterocycles. The maximum Gasteiger partial charge on any atom is 0.237 e. The van der Waals surface area contributed by atoms with Crippen LogP contribution in [0.4, 0.5) is 0 Å². The van der Waals surface area contributed by atoms with E-state index in [1.54, 1.807) is 6.92 Å². The first kappa shape index (κ1) is 12.7. The summed E-state index contributed by atoms with van der Waals surface area (Å²) in [6.45, 7) is 1.65. The van der Waals surface area contributed by atoms with Crippen molar-refractivity contribution in [3.05, 3.63) is 35.9 Å². The molecule has 1 amide bonds. The average molecular weight is 222 g/mol. The Hall–Kier alpha value is -1.39. The molecular formula is C12H18N2O2. The number of nitrogens with two attached hydrogens (primary N) is 1. The van der Waals surface area contributed by atoms with E-state index < -0.39 is 6.04 Å². The molecule has 0 saturated carbocycles. The van der Waals surface area contributed by atoms with E-state index >= 15 is 0 Å². The molecule has 0 aliphatic rings. The predicted molar refractivity (Wildman–Crippen MR) is 62.8 cm³/mol. The monoisotopic (exact) mass is 222 g/mol. The Morgan fingerprint density at radius 1 is 1.44 bits per heavy atom. The highest BCUT2D eigenvalue weighted by Gasteiger charge is 2.15. The largest absolute Gasteiger partial charge is 0.394 e. The summed E-state index contributed by atoms with van der Waals surface area (Å²) in [4.78, 5) is 11.6. The summed E-state index contributed by atoms with van der Waals surface area (Å²) in [7, 11) is 0. The van der Waals surface area contributed by atoms with Crippen molar-refractivity contribution in [2.24, 2.45) is 5.73 Å². The van der Waals surface area contributed by atoms with Crippen molar-refractivity contribution in [3.63, 3.8) is 0 Å². The highest BCUT2D eigenvalue weighted by atomic mass is 16.3. The quantitative estimate of drug-likeness (QED) is 0.659. The second-order valence-corrected chi connectivity index (χ2v) is 3.89. The first-order valence-corrected chi connectivity index (χ1v) is 5.34. The van der Waals surface area contributed by atoms with Crippen LogP contribution in [-0.2, 0) is 11.2 Å². The van der Waals surface area contributed by atoms with Crippen molar-refractivity contribution in [2.75, 3.05) is 6.61 Å². The molecule has 0 aliphatic carbocycles. The number of benzene rings is 1. The van der Waals surface area contributed by atoms with Crippen LogP contribution in [0.2, 0.25) is 0 Å². The van der Waals surface area contributed by atoms with Gasteiger partial charge in [-0.15, -0.1) is 0 Å². The maximum absolute atomic E-state index is 11.6. The van der Waals surface area contributed by atoms with Gasteiger partial charge in [-0.3, -0.25) is 4.79 Å². The zero-order chi connectivity index (χ0) is 12.0. The van der Waals surface area contributed by atoms with Gasteiger partial charge in [0.2, 0.25) is 5.91 Å². The van der Waals surface area contributed by atoms with Crippen LogP contribution in [-0.4, -0.2) is 29.7 Å². The first-order valence-electron chi connectivity index (χ1n) is 5.34. The number of carbonyl (C=O) groups is 1. The number of hydrogen-bond acceptors (Lipinski definition) is 3. The van der Waals surface area contributed by atoms with Crippen LogP contribution >= 0.6 is 0 Å². The Labute approximate surface area is 95.5 Å². The van der Waals surface area contributed by atoms with Gasteiger partial charge in [0.1, 0.15) is 0 Å². The topological polar surface area (TPSA) is 75.3 Å². The van der Waals surface area contributed by atoms with Gasteiger partial charge in [0, 0.05) is 6.04 Å². The Balaban J connectivity index is 2.46. The van der Waals surface area contributed by atoms with E-state index in [4.69, 9.17) is 10.8 Å². The zero-order valence-corrected chi connectivity index (χ0v) is 9.39. The number of carbonyl (C=O) groups excluding carboxylic acids is 1. The lowest BCUT2D eigenvalue weighted by molar-refractivity contribution is -0.123. The summed E-state index contributed by atoms with van der Waals surface area (Å²) in [6, 6.07) is 8.78. The number of aliphatic hydroxyl groups is 1. The SMILES string of the molecule is C[C@@H](CO)NC(=O)C(N)Cc1ccccc1. The molecule has 2 atom stereocenters. The molecule has 0 radical (unpaired) electrons. The summed E-state index contributed by atoms with van der Waals surface area (Å²) < 4.78 is 0. The van der Waals surface area contributed by atoms with Crippen molar-refractivity contribution < 1.29 is 9.90 Å². The zero-order valence-electron chi connectivity index (χ0n) is 9.39. The minimum absolute atomic E-state index is 0.0796. The third kappa shape index (κ3) is 4.00. The van der Waals surface area contributed by atoms with Crippen molar-refractivity contribution in [2.45, 2.75) is 25.4 Å². The first-order chi connectivity index (χ1) is 7.63. The average Bonchev–Trinajstić information content (AvgIpc) is 2.30. The fourth-order valence-corrected chi connectivity index (χ4v) is 1.36. The van der Waals surface area contributed by atoms with Crippen LogP contribution in [0.15, 0.2) is 30.3 Å². The second-order valence-electron chi connectivity index (χ2n) is 3.89. The molecule has 88 valence electrons. The van der Waals surface area contributed by atoms with Crippen LogP contribution in [0.3, 0.4) is 0 Å². The molecule has 1 rings (SSSR count). The van der Waals surface area contributed by atoms with E-state index in [1.807, 2.05) is 30.3 Å². The predicted octanol–water partition coefficient (Wildman–Crippen LogP) is 0.0534. The van der Waals surface area contributed by atoms with Gasteiger partial charge in [-0.05, 0) is 18.9 Å². The van der Waals surface area contributed by atoms with E-state index in [-0.39, 0.29) is 18.6 Å². The molecule has 0 bridgehead atoms. The normalized spacial score (nSPS) is 14.2. The third-order valence-electron chi connectivity index (χ3n) is 2.30. The molecular weight excluding hydrogens is 204 g/mol. The van der Waals surface area contributed by atoms with Gasteiger partial charge >= 0.3 is 0 Å². The number of amides is 1. The van der Waals surface area contributed by atoms with Gasteiger partial charge in [0.15, 0.2) is 0 Å². The minimum Gasteiger partial charge on any atom is -0.394 e. The number of nitrogens with one attached hydrogen (secondary N) is 1. The smallest absolute Gasteiger partial charge is 0.237 e. The Kier molecular flexibility index (Phi) is 4.95. The number of hydrogen-bond donors (Lipinski definition) is 3. The van der Waals surface area contributed by atoms with Crippen LogP contribution in [0.25, 0.3) is 0 Å². The Morgan fingerprint density at radius 2 is 2.06 bits per heavy atom. The molecule has 4 N–H and O–H groups in total. The molecule has 1 aromatic rings. The van der Waals surface area contributed by atoms with E-state index in [2.05, 4.69) is 5.32 Å². The van der Waals surface area contributed by atoms with E-state index in [1.165, 1.54) is 0 Å². The highest BCUT2D eigenvalue weighted by molar-refractivity contribution is 5.82. The number of rotatable bonds is 5. The molecule has 0 fully saturated rings. The molecule has 0 heterocycles. The standard InChI is InChI=1S/C12H18N2O2/c1-9(8-15)14-12(16)11(13)7-10-5-3-2-4-6-10/h2-6,9,11,15H,7-8,13H2,1H3,(H,14,16)/t9-,11?/m0/s1. The lowest BCUT2D eigenvalue weighted by Gasteiger charge is -2.15. The van der Waals surface area contributed by atoms with Crippen molar-refractivity contribution >= 4 is 5.91 Å². The van der Waals surface area contributed by atoms with Gasteiger partial charge in [-0.1, -0.05) is 30.3 Å². The molecule has 1 unspecified atom stereocenters. The lowest BCUT2D eigenvalue weighted by Crippen LogP contribution is -2.46. The van der Waals surface area contributed by atoms with E-state index in [9.17, 15) is 4.79 Å². The molecule has 1 aromatic carbocycles. The Bertz CT molecular complexity index is 327. The summed E-state index contributed by atoms with van der Waals surface area (Å²) in [5, 5.41) is 11.4. The van der Waals surface area contributed by atoms with Gasteiger partial charge < -0.3 is 16.2 Å². The van der Waals surface area contributed by atoms with Gasteiger partial charge in [0.05, 0.1) is 12.6 Å². The van der Waals surface area contributed by atoms with Gasteiger partial charge in [0.25, 0.3) is 0 Å². The van der Waals surface area contributed by atoms with Crippen LogP contribution in [0.5, 0.6) is 0 Å². The van der Waals surface area contributed by atoms with Crippen molar-refractivity contribution in [1.29, 1.82) is 0 Å². The molecule has 4 heteroatoms. The van der Waals surface area contributed by atoms with Crippen molar-refractivity contribution in [3.8, 4) is 0 Å². The summed E-state index contributed by atoms with van der Waals surface area (Å²) in [5.41, 5.74) is 6.79. The Morgan fingerprint density at radius 3 is 2.62 bits per heavy atom. The van der Waals surface area contributed by atoms with Gasteiger partial charge in [-0.2, -0.15) is 0 Å². The maximum atomic E-state index is 11.6.